The van der Waals surface area contributed by atoms with Crippen molar-refractivity contribution in [3.63, 3.8) is 0 Å². The van der Waals surface area contributed by atoms with E-state index >= 15 is 0 Å². The molecule has 1 aliphatic heterocycles. The summed E-state index contributed by atoms with van der Waals surface area (Å²) in [6.07, 6.45) is -0.0486. The molecule has 0 spiro atoms. The van der Waals surface area contributed by atoms with E-state index in [-0.39, 0.29) is 31.2 Å². The molecule has 1 saturated heterocycles. The number of amides is 1. The van der Waals surface area contributed by atoms with Crippen LogP contribution in [0, 0.1) is 0 Å². The first kappa shape index (κ1) is 12.4. The zero-order chi connectivity index (χ0) is 11.3. The highest BCUT2D eigenvalue weighted by atomic mass is 16.5. The van der Waals surface area contributed by atoms with Gasteiger partial charge in [-0.2, -0.15) is 0 Å². The Hall–Kier alpha value is -0.690. The van der Waals surface area contributed by atoms with Crippen molar-refractivity contribution in [2.24, 2.45) is 0 Å². The number of carbonyl (C=O) groups is 1. The van der Waals surface area contributed by atoms with Crippen LogP contribution in [0.5, 0.6) is 0 Å². The second-order valence-corrected chi connectivity index (χ2v) is 3.69. The summed E-state index contributed by atoms with van der Waals surface area (Å²) in [5, 5.41) is 23.7. The van der Waals surface area contributed by atoms with Gasteiger partial charge in [-0.3, -0.25) is 4.79 Å². The smallest absolute Gasteiger partial charge is 0.237 e. The zero-order valence-corrected chi connectivity index (χ0v) is 8.77. The Bertz CT molecular complexity index is 212. The van der Waals surface area contributed by atoms with Gasteiger partial charge in [0.25, 0.3) is 0 Å². The minimum atomic E-state index is -0.462. The minimum Gasteiger partial charge on any atom is -0.394 e. The van der Waals surface area contributed by atoms with Gasteiger partial charge in [0.2, 0.25) is 5.91 Å². The average molecular weight is 218 g/mol. The Kier molecular flexibility index (Phi) is 4.97. The van der Waals surface area contributed by atoms with Crippen LogP contribution in [0.1, 0.15) is 6.42 Å². The van der Waals surface area contributed by atoms with Crippen molar-refractivity contribution < 1.29 is 19.7 Å². The number of hydrogen-bond acceptors (Lipinski definition) is 5. The van der Waals surface area contributed by atoms with Gasteiger partial charge in [0, 0.05) is 13.7 Å². The minimum absolute atomic E-state index is 0.158. The van der Waals surface area contributed by atoms with Gasteiger partial charge in [0.05, 0.1) is 31.4 Å². The number of β-amino-alcohol motifs (C(OH)–C–C–N with tert-alkyl or cyclic N) is 1. The van der Waals surface area contributed by atoms with E-state index in [2.05, 4.69) is 10.6 Å². The maximum atomic E-state index is 11.6. The molecule has 1 rings (SSSR count). The molecule has 0 aromatic heterocycles. The molecule has 0 aliphatic carbocycles. The van der Waals surface area contributed by atoms with Crippen LogP contribution in [0.15, 0.2) is 0 Å². The van der Waals surface area contributed by atoms with E-state index < -0.39 is 6.10 Å². The van der Waals surface area contributed by atoms with Crippen LogP contribution in [0.4, 0.5) is 0 Å². The van der Waals surface area contributed by atoms with Gasteiger partial charge in [0.1, 0.15) is 0 Å². The van der Waals surface area contributed by atoms with Gasteiger partial charge in [-0.15, -0.1) is 0 Å². The van der Waals surface area contributed by atoms with Crippen molar-refractivity contribution in [1.82, 2.24) is 10.6 Å². The van der Waals surface area contributed by atoms with Crippen LogP contribution in [0.3, 0.4) is 0 Å². The van der Waals surface area contributed by atoms with Crippen molar-refractivity contribution in [1.29, 1.82) is 0 Å². The molecule has 3 unspecified atom stereocenters. The van der Waals surface area contributed by atoms with Crippen molar-refractivity contribution >= 4 is 5.91 Å². The molecule has 1 fully saturated rings. The summed E-state index contributed by atoms with van der Waals surface area (Å²) in [5.41, 5.74) is 0. The highest BCUT2D eigenvalue weighted by Crippen LogP contribution is 2.06. The Morgan fingerprint density at radius 3 is 2.93 bits per heavy atom. The molecule has 0 aromatic rings. The second-order valence-electron chi connectivity index (χ2n) is 3.69. The molecular formula is C9H18N2O4. The summed E-state index contributed by atoms with van der Waals surface area (Å²) in [6.45, 7) is 0.554. The van der Waals surface area contributed by atoms with Crippen molar-refractivity contribution in [3.8, 4) is 0 Å². The summed E-state index contributed by atoms with van der Waals surface area (Å²) >= 11 is 0. The molecular weight excluding hydrogens is 200 g/mol. The normalized spacial score (nSPS) is 27.7. The van der Waals surface area contributed by atoms with Gasteiger partial charge in [-0.05, 0) is 6.42 Å². The van der Waals surface area contributed by atoms with E-state index in [9.17, 15) is 9.90 Å². The Labute approximate surface area is 88.6 Å². The van der Waals surface area contributed by atoms with Crippen LogP contribution in [-0.4, -0.2) is 61.2 Å². The van der Waals surface area contributed by atoms with Crippen molar-refractivity contribution in [2.75, 3.05) is 26.9 Å². The van der Waals surface area contributed by atoms with E-state index in [1.165, 1.54) is 7.11 Å². The third-order valence-corrected chi connectivity index (χ3v) is 2.36. The van der Waals surface area contributed by atoms with Gasteiger partial charge >= 0.3 is 0 Å². The van der Waals surface area contributed by atoms with Crippen molar-refractivity contribution in [2.45, 2.75) is 24.6 Å². The molecule has 0 radical (unpaired) electrons. The lowest BCUT2D eigenvalue weighted by molar-refractivity contribution is -0.124. The monoisotopic (exact) mass is 218 g/mol. The fraction of sp³-hybridized carbons (Fsp3) is 0.889. The Morgan fingerprint density at radius 1 is 1.73 bits per heavy atom. The quantitative estimate of drug-likeness (QED) is 0.422. The zero-order valence-electron chi connectivity index (χ0n) is 8.77. The fourth-order valence-corrected chi connectivity index (χ4v) is 1.56. The molecule has 4 N–H and O–H groups in total. The largest absolute Gasteiger partial charge is 0.394 e. The average Bonchev–Trinajstić information content (AvgIpc) is 2.64. The number of nitrogens with one attached hydrogen (secondary N) is 2. The summed E-state index contributed by atoms with van der Waals surface area (Å²) in [4.78, 5) is 11.6. The molecule has 0 aromatic carbocycles. The molecule has 1 heterocycles. The van der Waals surface area contributed by atoms with E-state index in [0.717, 1.165) is 0 Å². The molecule has 1 aliphatic rings. The van der Waals surface area contributed by atoms with Crippen LogP contribution in [0.2, 0.25) is 0 Å². The molecule has 3 atom stereocenters. The lowest BCUT2D eigenvalue weighted by atomic mass is 10.2. The van der Waals surface area contributed by atoms with E-state index in [1.807, 2.05) is 0 Å². The fourth-order valence-electron chi connectivity index (χ4n) is 1.56. The highest BCUT2D eigenvalue weighted by Gasteiger charge is 2.28. The molecule has 88 valence electrons. The maximum Gasteiger partial charge on any atom is 0.237 e. The number of ether oxygens (including phenoxy) is 1. The van der Waals surface area contributed by atoms with Crippen LogP contribution in [-0.2, 0) is 9.53 Å². The Balaban J connectivity index is 2.33. The van der Waals surface area contributed by atoms with Gasteiger partial charge in [-0.25, -0.2) is 0 Å². The van der Waals surface area contributed by atoms with Crippen LogP contribution < -0.4 is 10.6 Å². The Morgan fingerprint density at radius 2 is 2.47 bits per heavy atom. The predicted molar refractivity (Wildman–Crippen MR) is 53.3 cm³/mol. The number of aliphatic hydroxyl groups excluding tert-OH is 2. The number of hydrogen-bond donors (Lipinski definition) is 4. The van der Waals surface area contributed by atoms with E-state index in [0.29, 0.717) is 13.0 Å². The molecule has 1 amide bonds. The third kappa shape index (κ3) is 3.75. The molecule has 0 bridgehead atoms. The lowest BCUT2D eigenvalue weighted by Crippen LogP contribution is -2.48. The van der Waals surface area contributed by atoms with Gasteiger partial charge in [0.15, 0.2) is 0 Å². The number of rotatable bonds is 5. The summed E-state index contributed by atoms with van der Waals surface area (Å²) in [5.74, 6) is -0.206. The first-order valence-corrected chi connectivity index (χ1v) is 4.99. The van der Waals surface area contributed by atoms with Crippen molar-refractivity contribution in [3.05, 3.63) is 0 Å². The number of aliphatic hydroxyl groups is 2. The number of methoxy groups -OCH3 is 1. The maximum absolute atomic E-state index is 11.6. The molecule has 6 heteroatoms. The lowest BCUT2D eigenvalue weighted by Gasteiger charge is -2.18. The summed E-state index contributed by atoms with van der Waals surface area (Å²) < 4.78 is 4.84. The van der Waals surface area contributed by atoms with Gasteiger partial charge in [-0.1, -0.05) is 0 Å². The predicted octanol–water partition coefficient (Wildman–Crippen LogP) is -2.17. The standard InChI is InChI=1S/C9H18N2O4/c1-15-5-6(4-12)11-9(14)8-2-7(13)3-10-8/h6-8,10,12-13H,2-5H2,1H3,(H,11,14). The summed E-state index contributed by atoms with van der Waals surface area (Å²) in [7, 11) is 1.51. The molecule has 6 nitrogen and oxygen atoms in total. The topological polar surface area (TPSA) is 90.8 Å². The second kappa shape index (κ2) is 6.02. The molecule has 15 heavy (non-hydrogen) atoms. The van der Waals surface area contributed by atoms with E-state index in [1.54, 1.807) is 0 Å². The highest BCUT2D eigenvalue weighted by molar-refractivity contribution is 5.82. The SMILES string of the molecule is COCC(CO)NC(=O)C1CC(O)CN1. The molecule has 0 saturated carbocycles. The summed E-state index contributed by atoms with van der Waals surface area (Å²) in [6, 6.07) is -0.757. The first-order valence-electron chi connectivity index (χ1n) is 4.99. The van der Waals surface area contributed by atoms with E-state index in [4.69, 9.17) is 9.84 Å². The number of carbonyl (C=O) groups excluding carboxylic acids is 1. The van der Waals surface area contributed by atoms with Crippen LogP contribution >= 0.6 is 0 Å². The van der Waals surface area contributed by atoms with Gasteiger partial charge < -0.3 is 25.6 Å². The van der Waals surface area contributed by atoms with Crippen LogP contribution in [0.25, 0.3) is 0 Å². The first-order chi connectivity index (χ1) is 7.17. The third-order valence-electron chi connectivity index (χ3n) is 2.36.